The minimum Gasteiger partial charge on any atom is -0.355 e. The van der Waals surface area contributed by atoms with Gasteiger partial charge < -0.3 is 15.2 Å². The molecule has 0 bridgehead atoms. The van der Waals surface area contributed by atoms with E-state index in [0.717, 1.165) is 32.6 Å². The molecule has 5 heteroatoms. The van der Waals surface area contributed by atoms with Gasteiger partial charge in [0.05, 0.1) is 6.04 Å². The first kappa shape index (κ1) is 24.7. The number of hydrogen-bond acceptors (Lipinski definition) is 3. The average molecular weight is 505 g/mol. The second-order valence-corrected chi connectivity index (χ2v) is 10.4. The van der Waals surface area contributed by atoms with Gasteiger partial charge in [0.25, 0.3) is 0 Å². The Morgan fingerprint density at radius 1 is 0.868 bits per heavy atom. The molecule has 1 aromatic heterocycles. The maximum Gasteiger partial charge on any atom is 0.237 e. The first-order valence-corrected chi connectivity index (χ1v) is 13.9. The van der Waals surface area contributed by atoms with Gasteiger partial charge in [-0.2, -0.15) is 0 Å². The monoisotopic (exact) mass is 504 g/mol. The SMILES string of the molecule is CCNC(=O)[C@@H]1C[C@@H](NCc2ccc3c(c2)c2ccccc2n3CC)CN1Cc1cccc2ccccc12. The molecule has 194 valence electrons. The van der Waals surface area contributed by atoms with E-state index in [9.17, 15) is 4.79 Å². The van der Waals surface area contributed by atoms with Crippen LogP contribution in [0.1, 0.15) is 31.4 Å². The van der Waals surface area contributed by atoms with Crippen molar-refractivity contribution in [2.24, 2.45) is 0 Å². The highest BCUT2D eigenvalue weighted by Crippen LogP contribution is 2.30. The number of nitrogens with zero attached hydrogens (tertiary/aromatic N) is 2. The zero-order chi connectivity index (χ0) is 26.1. The molecule has 1 aliphatic heterocycles. The number of fused-ring (bicyclic) bond motifs is 4. The molecule has 0 spiro atoms. The summed E-state index contributed by atoms with van der Waals surface area (Å²) in [5.41, 5.74) is 5.13. The summed E-state index contributed by atoms with van der Waals surface area (Å²) in [6.07, 6.45) is 0.813. The van der Waals surface area contributed by atoms with Crippen molar-refractivity contribution < 1.29 is 4.79 Å². The molecule has 1 saturated heterocycles. The molecule has 1 aliphatic rings. The molecule has 38 heavy (non-hydrogen) atoms. The molecule has 2 N–H and O–H groups in total. The van der Waals surface area contributed by atoms with E-state index in [1.807, 2.05) is 6.92 Å². The van der Waals surface area contributed by atoms with Gasteiger partial charge in [-0.1, -0.05) is 66.7 Å². The summed E-state index contributed by atoms with van der Waals surface area (Å²) >= 11 is 0. The Bertz CT molecular complexity index is 1600. The van der Waals surface area contributed by atoms with E-state index in [1.165, 1.54) is 43.7 Å². The minimum atomic E-state index is -0.128. The van der Waals surface area contributed by atoms with Crippen LogP contribution in [0.2, 0.25) is 0 Å². The van der Waals surface area contributed by atoms with Crippen LogP contribution in [0.25, 0.3) is 32.6 Å². The Morgan fingerprint density at radius 3 is 2.47 bits per heavy atom. The third kappa shape index (κ3) is 4.57. The summed E-state index contributed by atoms with van der Waals surface area (Å²) in [5, 5.41) is 12.0. The molecule has 5 aromatic rings. The molecule has 4 aromatic carbocycles. The number of likely N-dealkylation sites (N-methyl/N-ethyl adjacent to an activating group) is 1. The number of benzene rings is 4. The fraction of sp³-hybridized carbons (Fsp3) is 0.303. The number of rotatable bonds is 8. The Hall–Kier alpha value is -3.67. The minimum absolute atomic E-state index is 0.128. The lowest BCUT2D eigenvalue weighted by Crippen LogP contribution is -2.42. The fourth-order valence-electron chi connectivity index (χ4n) is 6.25. The lowest BCUT2D eigenvalue weighted by molar-refractivity contribution is -0.125. The average Bonchev–Trinajstić information content (AvgIpc) is 3.50. The van der Waals surface area contributed by atoms with Crippen LogP contribution >= 0.6 is 0 Å². The number of likely N-dealkylation sites (tertiary alicyclic amines) is 1. The summed E-state index contributed by atoms with van der Waals surface area (Å²) < 4.78 is 2.39. The van der Waals surface area contributed by atoms with Crippen molar-refractivity contribution in [1.29, 1.82) is 0 Å². The van der Waals surface area contributed by atoms with Gasteiger partial charge in [-0.05, 0) is 60.4 Å². The Labute approximate surface area is 224 Å². The van der Waals surface area contributed by atoms with Gasteiger partial charge in [0.2, 0.25) is 5.91 Å². The van der Waals surface area contributed by atoms with Crippen LogP contribution in [0.15, 0.2) is 84.9 Å². The van der Waals surface area contributed by atoms with Crippen LogP contribution in [0.4, 0.5) is 0 Å². The zero-order valence-corrected chi connectivity index (χ0v) is 22.3. The number of amides is 1. The van der Waals surface area contributed by atoms with Crippen molar-refractivity contribution in [2.75, 3.05) is 13.1 Å². The number of aryl methyl sites for hydroxylation is 1. The van der Waals surface area contributed by atoms with Gasteiger partial charge in [0.1, 0.15) is 0 Å². The third-order valence-electron chi connectivity index (χ3n) is 8.06. The Kier molecular flexibility index (Phi) is 6.88. The first-order chi connectivity index (χ1) is 18.7. The predicted molar refractivity (Wildman–Crippen MR) is 157 cm³/mol. The van der Waals surface area contributed by atoms with Crippen molar-refractivity contribution in [3.63, 3.8) is 0 Å². The van der Waals surface area contributed by atoms with E-state index >= 15 is 0 Å². The van der Waals surface area contributed by atoms with Gasteiger partial charge in [-0.3, -0.25) is 9.69 Å². The Balaban J connectivity index is 1.21. The summed E-state index contributed by atoms with van der Waals surface area (Å²) in [6.45, 7) is 8.21. The van der Waals surface area contributed by atoms with Crippen molar-refractivity contribution in [3.8, 4) is 0 Å². The van der Waals surface area contributed by atoms with Crippen LogP contribution in [0, 0.1) is 0 Å². The quantitative estimate of drug-likeness (QED) is 0.279. The molecule has 0 saturated carbocycles. The summed E-state index contributed by atoms with van der Waals surface area (Å²) in [5.74, 6) is 0.130. The molecule has 2 atom stereocenters. The van der Waals surface area contributed by atoms with Crippen molar-refractivity contribution in [2.45, 2.75) is 52.0 Å². The predicted octanol–water partition coefficient (Wildman–Crippen LogP) is 5.84. The number of nitrogens with one attached hydrogen (secondary N) is 2. The lowest BCUT2D eigenvalue weighted by Gasteiger charge is -2.24. The highest BCUT2D eigenvalue weighted by molar-refractivity contribution is 6.08. The van der Waals surface area contributed by atoms with E-state index < -0.39 is 0 Å². The van der Waals surface area contributed by atoms with Gasteiger partial charge in [-0.15, -0.1) is 0 Å². The smallest absolute Gasteiger partial charge is 0.237 e. The van der Waals surface area contributed by atoms with E-state index in [-0.39, 0.29) is 18.0 Å². The third-order valence-corrected chi connectivity index (χ3v) is 8.06. The highest BCUT2D eigenvalue weighted by Gasteiger charge is 2.36. The second kappa shape index (κ2) is 10.6. The molecule has 0 radical (unpaired) electrons. The van der Waals surface area contributed by atoms with Crippen molar-refractivity contribution >= 4 is 38.5 Å². The van der Waals surface area contributed by atoms with Crippen LogP contribution < -0.4 is 10.6 Å². The molecule has 2 heterocycles. The van der Waals surface area contributed by atoms with Gasteiger partial charge in [0, 0.05) is 60.6 Å². The summed E-state index contributed by atoms with van der Waals surface area (Å²) in [4.78, 5) is 15.4. The number of aromatic nitrogens is 1. The van der Waals surface area contributed by atoms with Crippen molar-refractivity contribution in [3.05, 3.63) is 96.1 Å². The maximum absolute atomic E-state index is 13.0. The highest BCUT2D eigenvalue weighted by atomic mass is 16.2. The molecule has 5 nitrogen and oxygen atoms in total. The normalized spacial score (nSPS) is 18.1. The van der Waals surface area contributed by atoms with Crippen LogP contribution in [-0.2, 0) is 24.4 Å². The van der Waals surface area contributed by atoms with Gasteiger partial charge in [0.15, 0.2) is 0 Å². The summed E-state index contributed by atoms with van der Waals surface area (Å²) in [6, 6.07) is 30.6. The summed E-state index contributed by atoms with van der Waals surface area (Å²) in [7, 11) is 0. The molecule has 1 fully saturated rings. The van der Waals surface area contributed by atoms with Crippen LogP contribution in [-0.4, -0.2) is 40.5 Å². The van der Waals surface area contributed by atoms with E-state index in [2.05, 4.69) is 112 Å². The van der Waals surface area contributed by atoms with Gasteiger partial charge in [-0.25, -0.2) is 0 Å². The molecular formula is C33H36N4O. The number of carbonyl (C=O) groups excluding carboxylic acids is 1. The van der Waals surface area contributed by atoms with Crippen LogP contribution in [0.3, 0.4) is 0 Å². The number of carbonyl (C=O) groups is 1. The fourth-order valence-corrected chi connectivity index (χ4v) is 6.25. The Morgan fingerprint density at radius 2 is 1.63 bits per heavy atom. The van der Waals surface area contributed by atoms with E-state index in [0.29, 0.717) is 6.54 Å². The number of para-hydroxylation sites is 1. The molecule has 1 amide bonds. The first-order valence-electron chi connectivity index (χ1n) is 13.9. The zero-order valence-electron chi connectivity index (χ0n) is 22.3. The molecule has 0 aliphatic carbocycles. The largest absolute Gasteiger partial charge is 0.355 e. The van der Waals surface area contributed by atoms with Crippen LogP contribution in [0.5, 0.6) is 0 Å². The van der Waals surface area contributed by atoms with Crippen molar-refractivity contribution in [1.82, 2.24) is 20.1 Å². The molecular weight excluding hydrogens is 468 g/mol. The topological polar surface area (TPSA) is 49.3 Å². The molecule has 0 unspecified atom stereocenters. The van der Waals surface area contributed by atoms with E-state index in [1.54, 1.807) is 0 Å². The maximum atomic E-state index is 13.0. The van der Waals surface area contributed by atoms with Gasteiger partial charge >= 0.3 is 0 Å². The molecule has 6 rings (SSSR count). The standard InChI is InChI=1S/C33H36N4O/c1-3-34-33(38)32-19-26(22-36(32)21-25-12-9-11-24-10-5-6-13-27(24)25)35-20-23-16-17-31-29(18-23)28-14-7-8-15-30(28)37(31)4-2/h5-18,26,32,35H,3-4,19-22H2,1-2H3,(H,34,38)/t26-,32+/m1/s1. The lowest BCUT2D eigenvalue weighted by atomic mass is 10.0. The second-order valence-electron chi connectivity index (χ2n) is 10.4. The number of hydrogen-bond donors (Lipinski definition) is 2. The van der Waals surface area contributed by atoms with E-state index in [4.69, 9.17) is 0 Å².